The maximum absolute atomic E-state index is 4.81. The second-order valence-electron chi connectivity index (χ2n) is 6.95. The van der Waals surface area contributed by atoms with Crippen LogP contribution in [-0.4, -0.2) is 44.9 Å². The second kappa shape index (κ2) is 6.31. The van der Waals surface area contributed by atoms with Crippen LogP contribution in [0, 0.1) is 0 Å². The van der Waals surface area contributed by atoms with Crippen molar-refractivity contribution < 1.29 is 0 Å². The third-order valence-electron chi connectivity index (χ3n) is 5.00. The van der Waals surface area contributed by atoms with E-state index in [1.54, 1.807) is 29.5 Å². The Morgan fingerprint density at radius 1 is 0.967 bits per heavy atom. The van der Waals surface area contributed by atoms with Crippen molar-refractivity contribution in [3.8, 4) is 34.0 Å². The molecule has 0 saturated carbocycles. The van der Waals surface area contributed by atoms with Gasteiger partial charge in [-0.2, -0.15) is 10.2 Å². The fourth-order valence-electron chi connectivity index (χ4n) is 3.56. The summed E-state index contributed by atoms with van der Waals surface area (Å²) in [6.07, 6.45) is 9.01. The van der Waals surface area contributed by atoms with Crippen LogP contribution in [0.15, 0.2) is 61.3 Å². The van der Waals surface area contributed by atoms with Gasteiger partial charge >= 0.3 is 0 Å². The van der Waals surface area contributed by atoms with Crippen LogP contribution >= 0.6 is 0 Å². The molecule has 0 fully saturated rings. The van der Waals surface area contributed by atoms with Crippen molar-refractivity contribution in [2.45, 2.75) is 0 Å². The normalized spacial score (nSPS) is 11.5. The van der Waals surface area contributed by atoms with Gasteiger partial charge in [-0.25, -0.2) is 9.97 Å². The molecule has 0 atom stereocenters. The molecule has 0 aliphatic carbocycles. The first-order valence-corrected chi connectivity index (χ1v) is 9.36. The van der Waals surface area contributed by atoms with E-state index in [4.69, 9.17) is 4.98 Å². The highest BCUT2D eigenvalue weighted by atomic mass is 15.2. The van der Waals surface area contributed by atoms with Gasteiger partial charge in [0.1, 0.15) is 11.2 Å². The van der Waals surface area contributed by atoms with Crippen LogP contribution in [0.4, 0.5) is 0 Å². The molecule has 0 unspecified atom stereocenters. The molecule has 0 aliphatic rings. The number of imidazole rings is 1. The van der Waals surface area contributed by atoms with Gasteiger partial charge in [0, 0.05) is 42.2 Å². The van der Waals surface area contributed by atoms with Gasteiger partial charge in [0.05, 0.1) is 29.3 Å². The molecule has 0 aromatic carbocycles. The minimum Gasteiger partial charge on any atom is -0.321 e. The summed E-state index contributed by atoms with van der Waals surface area (Å²) in [5, 5.41) is 12.7. The first-order valence-electron chi connectivity index (χ1n) is 9.36. The molecule has 6 rings (SSSR count). The Labute approximate surface area is 169 Å². The summed E-state index contributed by atoms with van der Waals surface area (Å²) in [6, 6.07) is 9.71. The molecule has 9 nitrogen and oxygen atoms in total. The van der Waals surface area contributed by atoms with Crippen molar-refractivity contribution in [1.82, 2.24) is 44.9 Å². The lowest BCUT2D eigenvalue weighted by Gasteiger charge is -1.99. The molecule has 6 heterocycles. The van der Waals surface area contributed by atoms with Crippen molar-refractivity contribution in [2.75, 3.05) is 0 Å². The molecule has 6 aromatic rings. The number of aryl methyl sites for hydroxylation is 1. The number of rotatable bonds is 3. The molecule has 0 amide bonds. The number of fused-ring (bicyclic) bond motifs is 2. The fourth-order valence-corrected chi connectivity index (χ4v) is 3.56. The first-order chi connectivity index (χ1) is 14.8. The Hall–Kier alpha value is -4.40. The Morgan fingerprint density at radius 3 is 2.77 bits per heavy atom. The number of aromatic nitrogens is 9. The SMILES string of the molecule is Cn1cc(-c2cc3c(-c4nc5c(-c6ccccn6)ccnc5[nH]4)n[nH]c3cn2)cn1. The maximum atomic E-state index is 4.81. The van der Waals surface area contributed by atoms with Gasteiger partial charge in [0.25, 0.3) is 0 Å². The summed E-state index contributed by atoms with van der Waals surface area (Å²) < 4.78 is 1.75. The first kappa shape index (κ1) is 16.5. The smallest absolute Gasteiger partial charge is 0.160 e. The van der Waals surface area contributed by atoms with E-state index in [0.717, 1.165) is 38.9 Å². The van der Waals surface area contributed by atoms with E-state index < -0.39 is 0 Å². The third kappa shape index (κ3) is 2.56. The summed E-state index contributed by atoms with van der Waals surface area (Å²) in [4.78, 5) is 21.5. The molecule has 144 valence electrons. The zero-order valence-corrected chi connectivity index (χ0v) is 15.9. The standard InChI is InChI=1S/C21H15N9/c1-30-11-12(9-25-30)16-8-14-17(10-24-16)28-29-19(14)21-26-18-13(5-7-23-20(18)27-21)15-4-2-3-6-22-15/h2-11H,1H3,(H,28,29)(H,23,26,27). The highest BCUT2D eigenvalue weighted by Gasteiger charge is 2.17. The van der Waals surface area contributed by atoms with E-state index in [-0.39, 0.29) is 0 Å². The Morgan fingerprint density at radius 2 is 1.93 bits per heavy atom. The minimum absolute atomic E-state index is 0.635. The molecule has 9 heteroatoms. The molecule has 6 aromatic heterocycles. The van der Waals surface area contributed by atoms with Gasteiger partial charge in [0.2, 0.25) is 0 Å². The molecule has 0 saturated heterocycles. The lowest BCUT2D eigenvalue weighted by molar-refractivity contribution is 0.768. The molecule has 0 aliphatic heterocycles. The highest BCUT2D eigenvalue weighted by molar-refractivity contribution is 5.96. The largest absolute Gasteiger partial charge is 0.321 e. The van der Waals surface area contributed by atoms with Crippen molar-refractivity contribution in [3.05, 3.63) is 61.3 Å². The van der Waals surface area contributed by atoms with E-state index in [1.807, 2.05) is 43.6 Å². The van der Waals surface area contributed by atoms with Crippen molar-refractivity contribution in [1.29, 1.82) is 0 Å². The molecule has 30 heavy (non-hydrogen) atoms. The van der Waals surface area contributed by atoms with E-state index in [2.05, 4.69) is 35.2 Å². The second-order valence-corrected chi connectivity index (χ2v) is 6.95. The quantitative estimate of drug-likeness (QED) is 0.477. The monoisotopic (exact) mass is 393 g/mol. The Bertz CT molecular complexity index is 1510. The van der Waals surface area contributed by atoms with Gasteiger partial charge in [0.15, 0.2) is 11.5 Å². The van der Waals surface area contributed by atoms with Crippen LogP contribution in [0.5, 0.6) is 0 Å². The molecule has 0 radical (unpaired) electrons. The number of nitrogens with zero attached hydrogens (tertiary/aromatic N) is 7. The zero-order valence-electron chi connectivity index (χ0n) is 15.9. The summed E-state index contributed by atoms with van der Waals surface area (Å²) >= 11 is 0. The van der Waals surface area contributed by atoms with Gasteiger partial charge in [-0.15, -0.1) is 0 Å². The Kier molecular flexibility index (Phi) is 3.48. The molecule has 0 spiro atoms. The van der Waals surface area contributed by atoms with Crippen LogP contribution < -0.4 is 0 Å². The highest BCUT2D eigenvalue weighted by Crippen LogP contribution is 2.31. The van der Waals surface area contributed by atoms with Gasteiger partial charge < -0.3 is 4.98 Å². The number of hydrogen-bond donors (Lipinski definition) is 2. The van der Waals surface area contributed by atoms with Crippen LogP contribution in [-0.2, 0) is 7.05 Å². The predicted molar refractivity (Wildman–Crippen MR) is 112 cm³/mol. The molecule has 2 N–H and O–H groups in total. The third-order valence-corrected chi connectivity index (χ3v) is 5.00. The van der Waals surface area contributed by atoms with E-state index >= 15 is 0 Å². The zero-order chi connectivity index (χ0) is 20.1. The van der Waals surface area contributed by atoms with Crippen LogP contribution in [0.3, 0.4) is 0 Å². The van der Waals surface area contributed by atoms with Crippen molar-refractivity contribution in [3.63, 3.8) is 0 Å². The lowest BCUT2D eigenvalue weighted by atomic mass is 10.1. The van der Waals surface area contributed by atoms with Crippen molar-refractivity contribution >= 4 is 22.1 Å². The number of pyridine rings is 3. The summed E-state index contributed by atoms with van der Waals surface area (Å²) in [5.74, 6) is 0.635. The van der Waals surface area contributed by atoms with E-state index in [1.165, 1.54) is 0 Å². The van der Waals surface area contributed by atoms with Gasteiger partial charge in [-0.05, 0) is 24.3 Å². The maximum Gasteiger partial charge on any atom is 0.160 e. The Balaban J connectivity index is 1.52. The number of aromatic amines is 2. The molecule has 0 bridgehead atoms. The average Bonchev–Trinajstić information content (AvgIpc) is 3.50. The van der Waals surface area contributed by atoms with Crippen LogP contribution in [0.25, 0.3) is 56.1 Å². The van der Waals surface area contributed by atoms with E-state index in [9.17, 15) is 0 Å². The van der Waals surface area contributed by atoms with Gasteiger partial charge in [-0.1, -0.05) is 6.07 Å². The topological polar surface area (TPSA) is 114 Å². The number of H-pyrrole nitrogens is 2. The minimum atomic E-state index is 0.635. The fraction of sp³-hybridized carbons (Fsp3) is 0.0476. The summed E-state index contributed by atoms with van der Waals surface area (Å²) in [5.41, 5.74) is 6.50. The van der Waals surface area contributed by atoms with E-state index in [0.29, 0.717) is 17.2 Å². The van der Waals surface area contributed by atoms with Gasteiger partial charge in [-0.3, -0.25) is 19.7 Å². The number of hydrogen-bond acceptors (Lipinski definition) is 6. The van der Waals surface area contributed by atoms with Crippen LogP contribution in [0.1, 0.15) is 0 Å². The van der Waals surface area contributed by atoms with Crippen LogP contribution in [0.2, 0.25) is 0 Å². The summed E-state index contributed by atoms with van der Waals surface area (Å²) in [7, 11) is 1.88. The van der Waals surface area contributed by atoms with Crippen molar-refractivity contribution in [2.24, 2.45) is 7.05 Å². The molecular formula is C21H15N9. The predicted octanol–water partition coefficient (Wildman–Crippen LogP) is 3.36. The molecular weight excluding hydrogens is 378 g/mol. The lowest BCUT2D eigenvalue weighted by Crippen LogP contribution is -1.86. The number of nitrogens with one attached hydrogen (secondary N) is 2. The summed E-state index contributed by atoms with van der Waals surface area (Å²) in [6.45, 7) is 0. The average molecular weight is 393 g/mol.